The summed E-state index contributed by atoms with van der Waals surface area (Å²) < 4.78 is 33.3. The van der Waals surface area contributed by atoms with Crippen molar-refractivity contribution in [3.63, 3.8) is 0 Å². The first-order valence-electron chi connectivity index (χ1n) is 10.1. The number of hydrogen-bond acceptors (Lipinski definition) is 7. The zero-order chi connectivity index (χ0) is 25.8. The highest BCUT2D eigenvalue weighted by Crippen LogP contribution is 2.35. The van der Waals surface area contributed by atoms with E-state index in [1.807, 2.05) is 20.8 Å². The number of nitrogens with one attached hydrogen (secondary N) is 1. The first-order chi connectivity index (χ1) is 15.7. The van der Waals surface area contributed by atoms with E-state index in [1.54, 1.807) is 6.92 Å². The number of nitro groups is 1. The van der Waals surface area contributed by atoms with Crippen molar-refractivity contribution in [1.82, 2.24) is 5.43 Å². The summed E-state index contributed by atoms with van der Waals surface area (Å²) in [7, 11) is -3.12. The molecule has 0 aliphatic carbocycles. The molecule has 0 aliphatic rings. The summed E-state index contributed by atoms with van der Waals surface area (Å²) in [4.78, 5) is 23.1. The average Bonchev–Trinajstić information content (AvgIpc) is 2.74. The number of aryl methyl sites for hydroxylation is 1. The molecule has 1 amide bonds. The SMILES string of the molecule is COc1ccc(Cl)cc1N(CC(=O)N/N=C(/C)C(C)(C)C)S(=O)(=O)c1ccc(C)c([N+](=O)[O-])c1. The molecule has 0 saturated carbocycles. The van der Waals surface area contributed by atoms with Gasteiger partial charge in [-0.25, -0.2) is 13.8 Å². The lowest BCUT2D eigenvalue weighted by molar-refractivity contribution is -0.385. The van der Waals surface area contributed by atoms with Crippen LogP contribution in [-0.4, -0.2) is 38.6 Å². The van der Waals surface area contributed by atoms with Crippen molar-refractivity contribution in [3.05, 3.63) is 57.1 Å². The van der Waals surface area contributed by atoms with Gasteiger partial charge in [0.15, 0.2) is 0 Å². The second-order valence-electron chi connectivity index (χ2n) is 8.52. The fraction of sp³-hybridized carbons (Fsp3) is 0.364. The Balaban J connectivity index is 2.60. The number of ether oxygens (including phenoxy) is 1. The van der Waals surface area contributed by atoms with Gasteiger partial charge in [0.05, 0.1) is 22.6 Å². The smallest absolute Gasteiger partial charge is 0.273 e. The van der Waals surface area contributed by atoms with Crippen LogP contribution < -0.4 is 14.5 Å². The van der Waals surface area contributed by atoms with E-state index < -0.39 is 27.4 Å². The van der Waals surface area contributed by atoms with Gasteiger partial charge in [0, 0.05) is 27.8 Å². The highest BCUT2D eigenvalue weighted by atomic mass is 35.5. The number of hydrogen-bond donors (Lipinski definition) is 1. The van der Waals surface area contributed by atoms with E-state index >= 15 is 0 Å². The molecule has 0 saturated heterocycles. The van der Waals surface area contributed by atoms with E-state index in [4.69, 9.17) is 16.3 Å². The summed E-state index contributed by atoms with van der Waals surface area (Å²) in [6.07, 6.45) is 0. The van der Waals surface area contributed by atoms with E-state index in [2.05, 4.69) is 10.5 Å². The standard InChI is InChI=1S/C22H27ClN4O6S/c1-14-7-9-17(12-18(14)27(29)30)34(31,32)26(19-11-16(23)8-10-20(19)33-6)13-21(28)25-24-15(2)22(3,4)5/h7-12H,13H2,1-6H3,(H,25,28)/b24-15-. The predicted octanol–water partition coefficient (Wildman–Crippen LogP) is 4.30. The lowest BCUT2D eigenvalue weighted by Crippen LogP contribution is -2.40. The molecule has 34 heavy (non-hydrogen) atoms. The van der Waals surface area contributed by atoms with E-state index in [9.17, 15) is 23.3 Å². The van der Waals surface area contributed by atoms with Crippen molar-refractivity contribution >= 4 is 44.6 Å². The molecule has 0 aliphatic heterocycles. The van der Waals surface area contributed by atoms with Gasteiger partial charge in [0.2, 0.25) is 0 Å². The molecule has 0 fully saturated rings. The number of halogens is 1. The number of sulfonamides is 1. The van der Waals surface area contributed by atoms with Gasteiger partial charge in [-0.2, -0.15) is 5.10 Å². The number of carbonyl (C=O) groups is 1. The molecule has 184 valence electrons. The topological polar surface area (TPSA) is 131 Å². The van der Waals surface area contributed by atoms with Gasteiger partial charge in [-0.1, -0.05) is 38.4 Å². The third kappa shape index (κ3) is 6.23. The molecule has 2 aromatic rings. The molecule has 0 spiro atoms. The molecule has 0 heterocycles. The number of anilines is 1. The molecule has 0 atom stereocenters. The monoisotopic (exact) mass is 510 g/mol. The zero-order valence-corrected chi connectivity index (χ0v) is 21.3. The highest BCUT2D eigenvalue weighted by molar-refractivity contribution is 7.92. The highest BCUT2D eigenvalue weighted by Gasteiger charge is 2.31. The number of amides is 1. The normalized spacial score (nSPS) is 12.3. The van der Waals surface area contributed by atoms with Crippen molar-refractivity contribution in [2.24, 2.45) is 10.5 Å². The summed E-state index contributed by atoms with van der Waals surface area (Å²) >= 11 is 6.10. The number of nitrogens with zero attached hydrogens (tertiary/aromatic N) is 3. The van der Waals surface area contributed by atoms with Gasteiger partial charge in [0.1, 0.15) is 12.3 Å². The van der Waals surface area contributed by atoms with Crippen molar-refractivity contribution < 1.29 is 22.9 Å². The van der Waals surface area contributed by atoms with Crippen LogP contribution in [0, 0.1) is 22.5 Å². The first-order valence-corrected chi connectivity index (χ1v) is 11.9. The minimum Gasteiger partial charge on any atom is -0.495 e. The molecule has 0 unspecified atom stereocenters. The molecule has 2 aromatic carbocycles. The Kier molecular flexibility index (Phi) is 8.27. The summed E-state index contributed by atoms with van der Waals surface area (Å²) in [5, 5.41) is 15.6. The second-order valence-corrected chi connectivity index (χ2v) is 10.8. The minimum absolute atomic E-state index is 0.00935. The van der Waals surface area contributed by atoms with Crippen LogP contribution >= 0.6 is 11.6 Å². The number of hydrazone groups is 1. The third-order valence-electron chi connectivity index (χ3n) is 5.10. The van der Waals surface area contributed by atoms with E-state index in [0.29, 0.717) is 11.3 Å². The molecular weight excluding hydrogens is 484 g/mol. The van der Waals surface area contributed by atoms with E-state index in [0.717, 1.165) is 10.4 Å². The summed E-state index contributed by atoms with van der Waals surface area (Å²) in [6, 6.07) is 7.81. The molecule has 0 bridgehead atoms. The van der Waals surface area contributed by atoms with E-state index in [-0.39, 0.29) is 32.5 Å². The van der Waals surface area contributed by atoms with Crippen molar-refractivity contribution in [2.45, 2.75) is 39.5 Å². The lowest BCUT2D eigenvalue weighted by Gasteiger charge is -2.25. The maximum Gasteiger partial charge on any atom is 0.273 e. The van der Waals surface area contributed by atoms with Crippen LogP contribution in [0.1, 0.15) is 33.3 Å². The van der Waals surface area contributed by atoms with Crippen LogP contribution in [-0.2, 0) is 14.8 Å². The largest absolute Gasteiger partial charge is 0.495 e. The molecule has 1 N–H and O–H groups in total. The summed E-state index contributed by atoms with van der Waals surface area (Å²) in [5.74, 6) is -0.590. The lowest BCUT2D eigenvalue weighted by atomic mass is 9.91. The maximum atomic E-state index is 13.6. The van der Waals surface area contributed by atoms with Crippen molar-refractivity contribution in [2.75, 3.05) is 18.0 Å². The quantitative estimate of drug-likeness (QED) is 0.320. The fourth-order valence-corrected chi connectivity index (χ4v) is 4.32. The Bertz CT molecular complexity index is 1240. The zero-order valence-electron chi connectivity index (χ0n) is 19.7. The number of nitro benzene ring substituents is 1. The van der Waals surface area contributed by atoms with Crippen LogP contribution in [0.2, 0.25) is 5.02 Å². The number of methoxy groups -OCH3 is 1. The predicted molar refractivity (Wildman–Crippen MR) is 131 cm³/mol. The third-order valence-corrected chi connectivity index (χ3v) is 7.09. The molecule has 12 heteroatoms. The van der Waals surface area contributed by atoms with Crippen LogP contribution in [0.25, 0.3) is 0 Å². The van der Waals surface area contributed by atoms with Crippen LogP contribution in [0.5, 0.6) is 5.75 Å². The summed E-state index contributed by atoms with van der Waals surface area (Å²) in [6.45, 7) is 8.29. The number of rotatable bonds is 8. The van der Waals surface area contributed by atoms with Gasteiger partial charge in [0.25, 0.3) is 21.6 Å². The maximum absolute atomic E-state index is 13.6. The Hall–Kier alpha value is -3.18. The van der Waals surface area contributed by atoms with Gasteiger partial charge in [-0.05, 0) is 38.1 Å². The minimum atomic E-state index is -4.46. The Morgan fingerprint density at radius 2 is 1.88 bits per heavy atom. The molecule has 0 aromatic heterocycles. The van der Waals surface area contributed by atoms with Crippen molar-refractivity contribution in [3.8, 4) is 5.75 Å². The first kappa shape index (κ1) is 27.1. The van der Waals surface area contributed by atoms with Gasteiger partial charge in [-0.3, -0.25) is 19.2 Å². The summed E-state index contributed by atoms with van der Waals surface area (Å²) in [5.41, 5.74) is 2.60. The molecule has 10 nitrogen and oxygen atoms in total. The van der Waals surface area contributed by atoms with Crippen molar-refractivity contribution in [1.29, 1.82) is 0 Å². The van der Waals surface area contributed by atoms with Crippen LogP contribution in [0.15, 0.2) is 46.4 Å². The molecule has 2 rings (SSSR count). The van der Waals surface area contributed by atoms with E-state index in [1.165, 1.54) is 44.4 Å². The molecule has 0 radical (unpaired) electrons. The second kappa shape index (κ2) is 10.4. The van der Waals surface area contributed by atoms with Gasteiger partial charge < -0.3 is 4.74 Å². The molecular formula is C22H27ClN4O6S. The van der Waals surface area contributed by atoms with Gasteiger partial charge >= 0.3 is 0 Å². The number of carbonyl (C=O) groups excluding carboxylic acids is 1. The average molecular weight is 511 g/mol. The Morgan fingerprint density at radius 1 is 1.24 bits per heavy atom. The van der Waals surface area contributed by atoms with Gasteiger partial charge in [-0.15, -0.1) is 0 Å². The van der Waals surface area contributed by atoms with Crippen LogP contribution in [0.3, 0.4) is 0 Å². The Morgan fingerprint density at radius 3 is 2.44 bits per heavy atom. The fourth-order valence-electron chi connectivity index (χ4n) is 2.71. The Labute approximate surface area is 203 Å². The van der Waals surface area contributed by atoms with Crippen LogP contribution in [0.4, 0.5) is 11.4 Å². The number of benzene rings is 2.